The van der Waals surface area contributed by atoms with Gasteiger partial charge in [-0.15, -0.1) is 0 Å². The Morgan fingerprint density at radius 2 is 1.88 bits per heavy atom. The Balaban J connectivity index is 1.64. The number of para-hydroxylation sites is 1. The van der Waals surface area contributed by atoms with Crippen LogP contribution in [0.25, 0.3) is 10.9 Å². The summed E-state index contributed by atoms with van der Waals surface area (Å²) < 4.78 is 15.8. The standard InChI is InChI=1S/C25H26N2O6/c1-16(28)33-21-10-6-9-18-19-13-14-27(25(30)32-15-17-7-4-3-5-8-17)20(11-12-22(29)31-2)23(19)26-24(18)21/h3-10,20,26H,11-15H2,1-2H3/t20-/m0/s1. The summed E-state index contributed by atoms with van der Waals surface area (Å²) in [6.45, 7) is 1.96. The summed E-state index contributed by atoms with van der Waals surface area (Å²) in [5.74, 6) is -0.334. The van der Waals surface area contributed by atoms with Crippen molar-refractivity contribution in [2.75, 3.05) is 13.7 Å². The number of esters is 2. The van der Waals surface area contributed by atoms with Crippen LogP contribution in [0.1, 0.15) is 42.6 Å². The van der Waals surface area contributed by atoms with Crippen molar-refractivity contribution in [1.82, 2.24) is 9.88 Å². The lowest BCUT2D eigenvalue weighted by atomic mass is 9.94. The Labute approximate surface area is 191 Å². The third kappa shape index (κ3) is 4.84. The predicted molar refractivity (Wildman–Crippen MR) is 121 cm³/mol. The molecule has 0 unspecified atom stereocenters. The number of ether oxygens (including phenoxy) is 3. The first-order chi connectivity index (χ1) is 16.0. The molecule has 1 N–H and O–H groups in total. The molecule has 8 heteroatoms. The van der Waals surface area contributed by atoms with Gasteiger partial charge in [-0.25, -0.2) is 4.79 Å². The van der Waals surface area contributed by atoms with Crippen LogP contribution in [0.3, 0.4) is 0 Å². The number of benzene rings is 2. The number of rotatable bonds is 6. The summed E-state index contributed by atoms with van der Waals surface area (Å²) >= 11 is 0. The van der Waals surface area contributed by atoms with Gasteiger partial charge in [0.15, 0.2) is 5.75 Å². The molecular formula is C25H26N2O6. The number of carbonyl (C=O) groups is 3. The van der Waals surface area contributed by atoms with E-state index in [1.165, 1.54) is 14.0 Å². The Kier molecular flexibility index (Phi) is 6.63. The van der Waals surface area contributed by atoms with E-state index in [9.17, 15) is 14.4 Å². The molecule has 1 atom stereocenters. The van der Waals surface area contributed by atoms with Gasteiger partial charge >= 0.3 is 18.0 Å². The Morgan fingerprint density at radius 3 is 2.61 bits per heavy atom. The van der Waals surface area contributed by atoms with Gasteiger partial charge in [0.2, 0.25) is 0 Å². The second-order valence-corrected chi connectivity index (χ2v) is 7.90. The minimum absolute atomic E-state index is 0.148. The first kappa shape index (κ1) is 22.4. The highest BCUT2D eigenvalue weighted by Gasteiger charge is 2.35. The van der Waals surface area contributed by atoms with Gasteiger partial charge in [-0.3, -0.25) is 14.5 Å². The van der Waals surface area contributed by atoms with E-state index in [4.69, 9.17) is 14.2 Å². The number of hydrogen-bond donors (Lipinski definition) is 1. The molecule has 1 amide bonds. The van der Waals surface area contributed by atoms with E-state index in [1.807, 2.05) is 42.5 Å². The third-order valence-electron chi connectivity index (χ3n) is 5.79. The van der Waals surface area contributed by atoms with Crippen molar-refractivity contribution in [3.8, 4) is 5.75 Å². The quantitative estimate of drug-likeness (QED) is 0.445. The zero-order valence-corrected chi connectivity index (χ0v) is 18.6. The number of amides is 1. The highest BCUT2D eigenvalue weighted by Crippen LogP contribution is 2.39. The lowest BCUT2D eigenvalue weighted by Gasteiger charge is -2.35. The van der Waals surface area contributed by atoms with Crippen LogP contribution in [-0.4, -0.2) is 41.6 Å². The van der Waals surface area contributed by atoms with Crippen molar-refractivity contribution < 1.29 is 28.6 Å². The molecule has 0 bridgehead atoms. The zero-order chi connectivity index (χ0) is 23.4. The molecule has 8 nitrogen and oxygen atoms in total. The van der Waals surface area contributed by atoms with Crippen molar-refractivity contribution in [2.45, 2.75) is 38.8 Å². The number of H-pyrrole nitrogens is 1. The average Bonchev–Trinajstić information content (AvgIpc) is 3.21. The summed E-state index contributed by atoms with van der Waals surface area (Å²) in [5.41, 5.74) is 3.45. The molecule has 0 aliphatic carbocycles. The number of nitrogens with one attached hydrogen (secondary N) is 1. The maximum Gasteiger partial charge on any atom is 0.410 e. The number of fused-ring (bicyclic) bond motifs is 3. The maximum atomic E-state index is 13.0. The number of aromatic nitrogens is 1. The summed E-state index contributed by atoms with van der Waals surface area (Å²) in [6, 6.07) is 14.6. The fourth-order valence-electron chi connectivity index (χ4n) is 4.28. The molecule has 0 spiro atoms. The van der Waals surface area contributed by atoms with Gasteiger partial charge in [0.05, 0.1) is 18.7 Å². The van der Waals surface area contributed by atoms with E-state index in [1.54, 1.807) is 11.0 Å². The van der Waals surface area contributed by atoms with Gasteiger partial charge in [-0.05, 0) is 30.0 Å². The molecule has 1 aromatic heterocycles. The molecule has 1 aliphatic heterocycles. The molecule has 2 aromatic carbocycles. The van der Waals surface area contributed by atoms with Crippen molar-refractivity contribution in [1.29, 1.82) is 0 Å². The minimum atomic E-state index is -0.446. The van der Waals surface area contributed by atoms with Crippen LogP contribution in [0.5, 0.6) is 5.75 Å². The Morgan fingerprint density at radius 1 is 1.09 bits per heavy atom. The topological polar surface area (TPSA) is 97.9 Å². The number of nitrogens with zero attached hydrogens (tertiary/aromatic N) is 1. The lowest BCUT2D eigenvalue weighted by molar-refractivity contribution is -0.141. The van der Waals surface area contributed by atoms with E-state index in [-0.39, 0.29) is 19.0 Å². The van der Waals surface area contributed by atoms with Gasteiger partial charge in [0.25, 0.3) is 0 Å². The molecule has 33 heavy (non-hydrogen) atoms. The van der Waals surface area contributed by atoms with E-state index < -0.39 is 18.1 Å². The highest BCUT2D eigenvalue weighted by molar-refractivity contribution is 5.92. The molecule has 0 fully saturated rings. The lowest BCUT2D eigenvalue weighted by Crippen LogP contribution is -2.40. The summed E-state index contributed by atoms with van der Waals surface area (Å²) in [4.78, 5) is 41.5. The molecule has 0 saturated carbocycles. The zero-order valence-electron chi connectivity index (χ0n) is 18.6. The van der Waals surface area contributed by atoms with Crippen LogP contribution >= 0.6 is 0 Å². The summed E-state index contributed by atoms with van der Waals surface area (Å²) in [7, 11) is 1.34. The van der Waals surface area contributed by atoms with Crippen molar-refractivity contribution >= 4 is 28.9 Å². The van der Waals surface area contributed by atoms with Crippen molar-refractivity contribution in [3.63, 3.8) is 0 Å². The van der Waals surface area contributed by atoms with Gasteiger partial charge in [-0.1, -0.05) is 42.5 Å². The van der Waals surface area contributed by atoms with Crippen LogP contribution < -0.4 is 4.74 Å². The van der Waals surface area contributed by atoms with Crippen LogP contribution in [-0.2, 0) is 32.1 Å². The van der Waals surface area contributed by atoms with Crippen LogP contribution in [0.2, 0.25) is 0 Å². The number of carbonyl (C=O) groups excluding carboxylic acids is 3. The Bertz CT molecular complexity index is 1170. The molecular weight excluding hydrogens is 424 g/mol. The number of hydrogen-bond acceptors (Lipinski definition) is 6. The third-order valence-corrected chi connectivity index (χ3v) is 5.79. The van der Waals surface area contributed by atoms with E-state index in [0.717, 1.165) is 22.2 Å². The monoisotopic (exact) mass is 450 g/mol. The van der Waals surface area contributed by atoms with E-state index in [0.29, 0.717) is 30.7 Å². The van der Waals surface area contributed by atoms with Crippen LogP contribution in [0, 0.1) is 0 Å². The van der Waals surface area contributed by atoms with Gasteiger partial charge in [0, 0.05) is 31.0 Å². The van der Waals surface area contributed by atoms with Gasteiger partial charge in [0.1, 0.15) is 6.61 Å². The van der Waals surface area contributed by atoms with Crippen molar-refractivity contribution in [2.24, 2.45) is 0 Å². The molecule has 0 radical (unpaired) electrons. The molecule has 1 aliphatic rings. The van der Waals surface area contributed by atoms with E-state index in [2.05, 4.69) is 4.98 Å². The summed E-state index contributed by atoms with van der Waals surface area (Å²) in [5, 5.41) is 0.934. The largest absolute Gasteiger partial charge is 0.469 e. The van der Waals surface area contributed by atoms with Gasteiger partial charge in [-0.2, -0.15) is 0 Å². The van der Waals surface area contributed by atoms with Crippen LogP contribution in [0.15, 0.2) is 48.5 Å². The molecule has 3 aromatic rings. The number of methoxy groups -OCH3 is 1. The second-order valence-electron chi connectivity index (χ2n) is 7.90. The van der Waals surface area contributed by atoms with Gasteiger partial charge < -0.3 is 19.2 Å². The molecule has 172 valence electrons. The SMILES string of the molecule is COC(=O)CC[C@H]1c2[nH]c3c(OC(C)=O)cccc3c2CCN1C(=O)OCc1ccccc1. The Hall–Kier alpha value is -3.81. The molecule has 0 saturated heterocycles. The normalized spacial score (nSPS) is 15.1. The fourth-order valence-corrected chi connectivity index (χ4v) is 4.28. The summed E-state index contributed by atoms with van der Waals surface area (Å²) in [6.07, 6.45) is 0.678. The average molecular weight is 450 g/mol. The first-order valence-electron chi connectivity index (χ1n) is 10.8. The fraction of sp³-hybridized carbons (Fsp3) is 0.320. The smallest absolute Gasteiger partial charge is 0.410 e. The maximum absolute atomic E-state index is 13.0. The predicted octanol–water partition coefficient (Wildman–Crippen LogP) is 4.28. The number of aromatic amines is 1. The first-order valence-corrected chi connectivity index (χ1v) is 10.8. The molecule has 4 rings (SSSR count). The van der Waals surface area contributed by atoms with Crippen LogP contribution in [0.4, 0.5) is 4.79 Å². The highest BCUT2D eigenvalue weighted by atomic mass is 16.6. The second kappa shape index (κ2) is 9.77. The van der Waals surface area contributed by atoms with Crippen molar-refractivity contribution in [3.05, 3.63) is 65.4 Å². The minimum Gasteiger partial charge on any atom is -0.469 e. The molecule has 2 heterocycles. The van der Waals surface area contributed by atoms with E-state index >= 15 is 0 Å².